The van der Waals surface area contributed by atoms with Gasteiger partial charge in [-0.15, -0.1) is 0 Å². The molecule has 1 saturated carbocycles. The first-order valence-corrected chi connectivity index (χ1v) is 11.6. The molecule has 140 valence electrons. The minimum absolute atomic E-state index is 0.0151. The van der Waals surface area contributed by atoms with Gasteiger partial charge in [0, 0.05) is 11.7 Å². The first kappa shape index (κ1) is 18.6. The van der Waals surface area contributed by atoms with E-state index in [4.69, 9.17) is 9.47 Å². The van der Waals surface area contributed by atoms with E-state index in [1.807, 2.05) is 0 Å². The molecule has 1 heterocycles. The lowest BCUT2D eigenvalue weighted by molar-refractivity contribution is -0.172. The molecule has 1 aromatic rings. The van der Waals surface area contributed by atoms with Crippen molar-refractivity contribution in [2.45, 2.75) is 17.6 Å². The maximum Gasteiger partial charge on any atom is 0.264 e. The van der Waals surface area contributed by atoms with Crippen LogP contribution in [0.5, 0.6) is 5.75 Å². The third-order valence-corrected chi connectivity index (χ3v) is 7.42. The zero-order valence-electron chi connectivity index (χ0n) is 14.2. The standard InChI is InChI=1S/C16H22O7S2/c1-24(17,18)16(9-15(10-16)11-21-12-15)13-3-5-14(6-4-13)22-7-8-23-25(2,19)20/h3-6H,7-12H2,1-2H3. The van der Waals surface area contributed by atoms with Crippen LogP contribution in [0.4, 0.5) is 0 Å². The first-order chi connectivity index (χ1) is 11.6. The fourth-order valence-corrected chi connectivity index (χ4v) is 5.71. The summed E-state index contributed by atoms with van der Waals surface area (Å²) in [6.07, 6.45) is 3.43. The molecule has 0 bridgehead atoms. The van der Waals surface area contributed by atoms with Gasteiger partial charge in [-0.25, -0.2) is 8.42 Å². The van der Waals surface area contributed by atoms with Crippen LogP contribution in [0.3, 0.4) is 0 Å². The zero-order valence-corrected chi connectivity index (χ0v) is 15.9. The lowest BCUT2D eigenvalue weighted by atomic mass is 9.58. The Balaban J connectivity index is 1.66. The van der Waals surface area contributed by atoms with Gasteiger partial charge < -0.3 is 9.47 Å². The summed E-state index contributed by atoms with van der Waals surface area (Å²) < 4.78 is 61.0. The van der Waals surface area contributed by atoms with Crippen LogP contribution < -0.4 is 4.74 Å². The Morgan fingerprint density at radius 1 is 1.00 bits per heavy atom. The third kappa shape index (κ3) is 3.69. The summed E-state index contributed by atoms with van der Waals surface area (Å²) in [6, 6.07) is 6.93. The fourth-order valence-electron chi connectivity index (χ4n) is 3.63. The summed E-state index contributed by atoms with van der Waals surface area (Å²) in [4.78, 5) is 0. The zero-order chi connectivity index (χ0) is 18.3. The van der Waals surface area contributed by atoms with Crippen LogP contribution in [-0.4, -0.2) is 55.8 Å². The van der Waals surface area contributed by atoms with Crippen LogP contribution >= 0.6 is 0 Å². The summed E-state index contributed by atoms with van der Waals surface area (Å²) in [7, 11) is -6.74. The van der Waals surface area contributed by atoms with E-state index in [0.717, 1.165) is 11.8 Å². The molecule has 1 spiro atoms. The summed E-state index contributed by atoms with van der Waals surface area (Å²) in [5.41, 5.74) is 0.772. The van der Waals surface area contributed by atoms with E-state index < -0.39 is 24.7 Å². The van der Waals surface area contributed by atoms with Gasteiger partial charge in [-0.1, -0.05) is 12.1 Å². The van der Waals surface area contributed by atoms with Crippen molar-refractivity contribution in [3.8, 4) is 5.75 Å². The molecule has 7 nitrogen and oxygen atoms in total. The average Bonchev–Trinajstić information content (AvgIpc) is 2.40. The van der Waals surface area contributed by atoms with E-state index in [9.17, 15) is 16.8 Å². The molecule has 1 aliphatic carbocycles. The molecule has 0 aromatic heterocycles. The second-order valence-electron chi connectivity index (χ2n) is 7.01. The van der Waals surface area contributed by atoms with Gasteiger partial charge in [0.1, 0.15) is 19.0 Å². The Kier molecular flexibility index (Phi) is 4.64. The van der Waals surface area contributed by atoms with E-state index in [-0.39, 0.29) is 18.6 Å². The van der Waals surface area contributed by atoms with Crippen molar-refractivity contribution >= 4 is 20.0 Å². The Bertz CT molecular complexity index is 829. The van der Waals surface area contributed by atoms with Crippen LogP contribution in [-0.2, 0) is 33.6 Å². The van der Waals surface area contributed by atoms with E-state index >= 15 is 0 Å². The molecular formula is C16H22O7S2. The van der Waals surface area contributed by atoms with Crippen molar-refractivity contribution in [1.82, 2.24) is 0 Å². The molecule has 0 atom stereocenters. The highest BCUT2D eigenvalue weighted by Crippen LogP contribution is 2.61. The van der Waals surface area contributed by atoms with Gasteiger partial charge in [0.25, 0.3) is 10.1 Å². The molecule has 0 radical (unpaired) electrons. The van der Waals surface area contributed by atoms with Crippen LogP contribution in [0.25, 0.3) is 0 Å². The van der Waals surface area contributed by atoms with Crippen LogP contribution in [0, 0.1) is 5.41 Å². The van der Waals surface area contributed by atoms with E-state index in [0.29, 0.717) is 31.8 Å². The first-order valence-electron chi connectivity index (χ1n) is 7.91. The normalized spacial score (nSPS) is 21.4. The van der Waals surface area contributed by atoms with Gasteiger partial charge in [-0.2, -0.15) is 8.42 Å². The number of benzene rings is 1. The SMILES string of the molecule is CS(=O)(=O)OCCOc1ccc(C2(S(C)(=O)=O)CC3(COC3)C2)cc1. The molecule has 0 amide bonds. The Hall–Kier alpha value is -1.16. The predicted octanol–water partition coefficient (Wildman–Crippen LogP) is 1.09. The maximum absolute atomic E-state index is 12.4. The van der Waals surface area contributed by atoms with Crippen molar-refractivity contribution in [2.75, 3.05) is 38.9 Å². The largest absolute Gasteiger partial charge is 0.491 e. The van der Waals surface area contributed by atoms with Crippen LogP contribution in [0.15, 0.2) is 24.3 Å². The molecule has 0 unspecified atom stereocenters. The molecule has 2 aliphatic rings. The monoisotopic (exact) mass is 390 g/mol. The van der Waals surface area contributed by atoms with Gasteiger partial charge >= 0.3 is 0 Å². The number of sulfone groups is 1. The van der Waals surface area contributed by atoms with E-state index in [1.54, 1.807) is 24.3 Å². The lowest BCUT2D eigenvalue weighted by Crippen LogP contribution is -2.62. The molecule has 25 heavy (non-hydrogen) atoms. The average molecular weight is 390 g/mol. The maximum atomic E-state index is 12.4. The molecule has 1 aliphatic heterocycles. The van der Waals surface area contributed by atoms with Crippen molar-refractivity contribution in [3.63, 3.8) is 0 Å². The Labute approximate surface area is 148 Å². The molecule has 2 fully saturated rings. The quantitative estimate of drug-likeness (QED) is 0.508. The van der Waals surface area contributed by atoms with Gasteiger partial charge in [-0.3, -0.25) is 4.18 Å². The summed E-state index contributed by atoms with van der Waals surface area (Å²) in [5.74, 6) is 0.533. The third-order valence-electron chi connectivity index (χ3n) is 4.88. The highest BCUT2D eigenvalue weighted by atomic mass is 32.2. The van der Waals surface area contributed by atoms with Crippen LogP contribution in [0.1, 0.15) is 18.4 Å². The number of hydrogen-bond donors (Lipinski definition) is 0. The number of ether oxygens (including phenoxy) is 2. The molecule has 9 heteroatoms. The molecule has 1 aromatic carbocycles. The summed E-state index contributed by atoms with van der Waals surface area (Å²) in [5, 5.41) is 0. The molecule has 0 N–H and O–H groups in total. The van der Waals surface area contributed by atoms with E-state index in [1.165, 1.54) is 6.26 Å². The van der Waals surface area contributed by atoms with Gasteiger partial charge in [0.2, 0.25) is 0 Å². The lowest BCUT2D eigenvalue weighted by Gasteiger charge is -2.59. The highest BCUT2D eigenvalue weighted by Gasteiger charge is 2.63. The second kappa shape index (κ2) is 6.22. The highest BCUT2D eigenvalue weighted by molar-refractivity contribution is 7.91. The van der Waals surface area contributed by atoms with Gasteiger partial charge in [0.15, 0.2) is 9.84 Å². The van der Waals surface area contributed by atoms with Crippen molar-refractivity contribution in [1.29, 1.82) is 0 Å². The smallest absolute Gasteiger partial charge is 0.264 e. The second-order valence-corrected chi connectivity index (χ2v) is 11.0. The minimum atomic E-state index is -3.48. The molecule has 3 rings (SSSR count). The number of hydrogen-bond acceptors (Lipinski definition) is 7. The molecule has 1 saturated heterocycles. The molecular weight excluding hydrogens is 368 g/mol. The summed E-state index contributed by atoms with van der Waals surface area (Å²) in [6.45, 7) is 1.28. The van der Waals surface area contributed by atoms with Crippen LogP contribution in [0.2, 0.25) is 0 Å². The van der Waals surface area contributed by atoms with Crippen molar-refractivity contribution < 1.29 is 30.5 Å². The minimum Gasteiger partial charge on any atom is -0.491 e. The summed E-state index contributed by atoms with van der Waals surface area (Å²) >= 11 is 0. The van der Waals surface area contributed by atoms with Gasteiger partial charge in [0.05, 0.1) is 24.2 Å². The Morgan fingerprint density at radius 2 is 1.60 bits per heavy atom. The predicted molar refractivity (Wildman–Crippen MR) is 91.7 cm³/mol. The Morgan fingerprint density at radius 3 is 2.04 bits per heavy atom. The van der Waals surface area contributed by atoms with Crippen molar-refractivity contribution in [3.05, 3.63) is 29.8 Å². The van der Waals surface area contributed by atoms with Gasteiger partial charge in [-0.05, 0) is 30.5 Å². The van der Waals surface area contributed by atoms with Crippen molar-refractivity contribution in [2.24, 2.45) is 5.41 Å². The number of rotatable bonds is 7. The fraction of sp³-hybridized carbons (Fsp3) is 0.625. The topological polar surface area (TPSA) is 96.0 Å². The van der Waals surface area contributed by atoms with E-state index in [2.05, 4.69) is 4.18 Å².